The zero-order valence-electron chi connectivity index (χ0n) is 8.87. The van der Waals surface area contributed by atoms with Crippen molar-refractivity contribution in [3.8, 4) is 0 Å². The lowest BCUT2D eigenvalue weighted by Crippen LogP contribution is -2.49. The predicted octanol–water partition coefficient (Wildman–Crippen LogP) is 2.15. The van der Waals surface area contributed by atoms with Gasteiger partial charge in [0.15, 0.2) is 5.60 Å². The highest BCUT2D eigenvalue weighted by Gasteiger charge is 2.57. The van der Waals surface area contributed by atoms with Crippen molar-refractivity contribution in [1.29, 1.82) is 0 Å². The Morgan fingerprint density at radius 1 is 1.62 bits per heavy atom. The van der Waals surface area contributed by atoms with E-state index in [-0.39, 0.29) is 12.2 Å². The van der Waals surface area contributed by atoms with E-state index in [2.05, 4.69) is 4.74 Å². The molecule has 1 unspecified atom stereocenters. The average molecular weight is 250 g/mol. The summed E-state index contributed by atoms with van der Waals surface area (Å²) in [5, 5.41) is 12.7. The number of hydrogen-bond donors (Lipinski definition) is 1. The molecule has 0 aromatic carbocycles. The maximum atomic E-state index is 13.6. The Balaban J connectivity index is 3.02. The number of thiophene rings is 1. The molecule has 0 aliphatic rings. The molecule has 0 saturated heterocycles. The Labute approximate surface area is 95.7 Å². The largest absolute Gasteiger partial charge is 0.461 e. The summed E-state index contributed by atoms with van der Waals surface area (Å²) in [5.74, 6) is -5.68. The average Bonchev–Trinajstić information content (AvgIpc) is 2.70. The first-order chi connectivity index (χ1) is 7.34. The highest BCUT2D eigenvalue weighted by atomic mass is 32.1. The summed E-state index contributed by atoms with van der Waals surface area (Å²) in [5.41, 5.74) is -2.56. The number of ether oxygens (including phenoxy) is 1. The van der Waals surface area contributed by atoms with Crippen molar-refractivity contribution in [2.45, 2.75) is 25.4 Å². The molecule has 0 aliphatic carbocycles. The molecule has 1 heterocycles. The van der Waals surface area contributed by atoms with Crippen LogP contribution in [0.25, 0.3) is 0 Å². The van der Waals surface area contributed by atoms with Gasteiger partial charge in [-0.1, -0.05) is 0 Å². The van der Waals surface area contributed by atoms with E-state index in [1.54, 1.807) is 5.38 Å². The van der Waals surface area contributed by atoms with E-state index < -0.39 is 17.5 Å². The third-order valence-corrected chi connectivity index (χ3v) is 2.91. The first-order valence-electron chi connectivity index (χ1n) is 4.64. The molecule has 1 N–H and O–H groups in total. The van der Waals surface area contributed by atoms with E-state index in [1.807, 2.05) is 0 Å². The van der Waals surface area contributed by atoms with Crippen LogP contribution in [0, 0.1) is 0 Å². The fourth-order valence-corrected chi connectivity index (χ4v) is 1.90. The second kappa shape index (κ2) is 4.47. The summed E-state index contributed by atoms with van der Waals surface area (Å²) in [6, 6.07) is 1.35. The van der Waals surface area contributed by atoms with Gasteiger partial charge in [-0.15, -0.1) is 0 Å². The molecule has 1 aromatic heterocycles. The van der Waals surface area contributed by atoms with Crippen LogP contribution in [-0.4, -0.2) is 23.6 Å². The summed E-state index contributed by atoms with van der Waals surface area (Å²) >= 11 is 1.16. The fourth-order valence-electron chi connectivity index (χ4n) is 1.14. The lowest BCUT2D eigenvalue weighted by atomic mass is 9.91. The van der Waals surface area contributed by atoms with Gasteiger partial charge in [-0.25, -0.2) is 4.79 Å². The first kappa shape index (κ1) is 13.1. The van der Waals surface area contributed by atoms with Crippen LogP contribution in [-0.2, 0) is 15.1 Å². The van der Waals surface area contributed by atoms with E-state index in [0.717, 1.165) is 18.3 Å². The first-order valence-corrected chi connectivity index (χ1v) is 5.58. The van der Waals surface area contributed by atoms with Gasteiger partial charge >= 0.3 is 11.9 Å². The molecule has 0 radical (unpaired) electrons. The van der Waals surface area contributed by atoms with Gasteiger partial charge < -0.3 is 9.84 Å². The van der Waals surface area contributed by atoms with Crippen LogP contribution < -0.4 is 0 Å². The van der Waals surface area contributed by atoms with E-state index in [0.29, 0.717) is 0 Å². The highest BCUT2D eigenvalue weighted by Crippen LogP contribution is 2.39. The Kier molecular flexibility index (Phi) is 3.64. The molecule has 16 heavy (non-hydrogen) atoms. The summed E-state index contributed by atoms with van der Waals surface area (Å²) in [7, 11) is 0. The minimum Gasteiger partial charge on any atom is -0.461 e. The third kappa shape index (κ3) is 2.08. The maximum absolute atomic E-state index is 13.6. The molecule has 1 aromatic rings. The van der Waals surface area contributed by atoms with Crippen LogP contribution in [0.5, 0.6) is 0 Å². The number of rotatable bonds is 4. The monoisotopic (exact) mass is 250 g/mol. The molecule has 6 heteroatoms. The second-order valence-corrected chi connectivity index (χ2v) is 4.16. The minimum absolute atomic E-state index is 0.00412. The second-order valence-electron chi connectivity index (χ2n) is 3.38. The molecule has 0 spiro atoms. The van der Waals surface area contributed by atoms with Gasteiger partial charge in [-0.2, -0.15) is 20.1 Å². The summed E-state index contributed by atoms with van der Waals surface area (Å²) < 4.78 is 31.5. The lowest BCUT2D eigenvalue weighted by Gasteiger charge is -2.29. The maximum Gasteiger partial charge on any atom is 0.380 e. The number of aliphatic hydroxyl groups is 1. The summed E-state index contributed by atoms with van der Waals surface area (Å²) in [6.45, 7) is 2.16. The number of carbonyl (C=O) groups is 1. The number of alkyl halides is 2. The van der Waals surface area contributed by atoms with Gasteiger partial charge in [0.25, 0.3) is 0 Å². The van der Waals surface area contributed by atoms with Crippen LogP contribution >= 0.6 is 11.3 Å². The topological polar surface area (TPSA) is 46.5 Å². The molecule has 0 saturated carbocycles. The van der Waals surface area contributed by atoms with E-state index in [1.165, 1.54) is 18.4 Å². The quantitative estimate of drug-likeness (QED) is 0.833. The number of carbonyl (C=O) groups excluding carboxylic acids is 1. The summed E-state index contributed by atoms with van der Waals surface area (Å²) in [6.07, 6.45) is 0. The van der Waals surface area contributed by atoms with Crippen molar-refractivity contribution in [1.82, 2.24) is 0 Å². The van der Waals surface area contributed by atoms with E-state index >= 15 is 0 Å². The van der Waals surface area contributed by atoms with Crippen LogP contribution in [0.15, 0.2) is 16.8 Å². The third-order valence-electron chi connectivity index (χ3n) is 2.23. The van der Waals surface area contributed by atoms with Crippen molar-refractivity contribution in [2.24, 2.45) is 0 Å². The molecule has 0 aliphatic heterocycles. The summed E-state index contributed by atoms with van der Waals surface area (Å²) in [4.78, 5) is 11.1. The number of esters is 1. The Morgan fingerprint density at radius 3 is 2.69 bits per heavy atom. The van der Waals surface area contributed by atoms with Crippen molar-refractivity contribution in [3.63, 3.8) is 0 Å². The smallest absolute Gasteiger partial charge is 0.380 e. The van der Waals surface area contributed by atoms with Gasteiger partial charge in [-0.3, -0.25) is 0 Å². The van der Waals surface area contributed by atoms with Gasteiger partial charge in [0.1, 0.15) is 0 Å². The molecule has 0 bridgehead atoms. The van der Waals surface area contributed by atoms with Crippen LogP contribution in [0.3, 0.4) is 0 Å². The Hall–Kier alpha value is -1.01. The zero-order valence-corrected chi connectivity index (χ0v) is 9.68. The van der Waals surface area contributed by atoms with Gasteiger partial charge in [0, 0.05) is 5.56 Å². The standard InChI is InChI=1S/C10H12F2O3S/c1-3-15-8(13)10(11,12)9(2,14)7-4-5-16-6-7/h4-6,14H,3H2,1-2H3. The molecular weight excluding hydrogens is 238 g/mol. The molecule has 0 fully saturated rings. The van der Waals surface area contributed by atoms with Gasteiger partial charge in [0.2, 0.25) is 0 Å². The molecule has 1 atom stereocenters. The highest BCUT2D eigenvalue weighted by molar-refractivity contribution is 7.08. The number of halogens is 2. The van der Waals surface area contributed by atoms with Gasteiger partial charge in [0.05, 0.1) is 6.61 Å². The number of hydrogen-bond acceptors (Lipinski definition) is 4. The zero-order chi connectivity index (χ0) is 12.4. The Morgan fingerprint density at radius 2 is 2.25 bits per heavy atom. The Bertz CT molecular complexity index is 360. The molecule has 1 rings (SSSR count). The minimum atomic E-state index is -3.97. The molecule has 90 valence electrons. The van der Waals surface area contributed by atoms with Gasteiger partial charge in [-0.05, 0) is 30.7 Å². The molecular formula is C10H12F2O3S. The van der Waals surface area contributed by atoms with Crippen molar-refractivity contribution in [3.05, 3.63) is 22.4 Å². The van der Waals surface area contributed by atoms with Crippen molar-refractivity contribution >= 4 is 17.3 Å². The van der Waals surface area contributed by atoms with Crippen molar-refractivity contribution in [2.75, 3.05) is 6.61 Å². The van der Waals surface area contributed by atoms with E-state index in [9.17, 15) is 18.7 Å². The normalized spacial score (nSPS) is 15.6. The molecule has 0 amide bonds. The predicted molar refractivity (Wildman–Crippen MR) is 55.5 cm³/mol. The SMILES string of the molecule is CCOC(=O)C(F)(F)C(C)(O)c1ccsc1. The molecule has 3 nitrogen and oxygen atoms in total. The van der Waals surface area contributed by atoms with Crippen molar-refractivity contribution < 1.29 is 23.4 Å². The van der Waals surface area contributed by atoms with E-state index in [4.69, 9.17) is 0 Å². The lowest BCUT2D eigenvalue weighted by molar-refractivity contribution is -0.212. The van der Waals surface area contributed by atoms with Crippen LogP contribution in [0.2, 0.25) is 0 Å². The van der Waals surface area contributed by atoms with Crippen LogP contribution in [0.4, 0.5) is 8.78 Å². The fraction of sp³-hybridized carbons (Fsp3) is 0.500. The van der Waals surface area contributed by atoms with Crippen LogP contribution in [0.1, 0.15) is 19.4 Å².